The molecule has 0 aliphatic carbocycles. The molecule has 0 aromatic heterocycles. The van der Waals surface area contributed by atoms with Gasteiger partial charge in [0.15, 0.2) is 0 Å². The molecule has 116 valence electrons. The highest BCUT2D eigenvalue weighted by Crippen LogP contribution is 2.13. The molecular weight excluding hydrogens is 297 g/mol. The Morgan fingerprint density at radius 1 is 1.20 bits per heavy atom. The van der Waals surface area contributed by atoms with Crippen molar-refractivity contribution in [1.29, 1.82) is 0 Å². The van der Waals surface area contributed by atoms with E-state index in [1.807, 2.05) is 51.5 Å². The molecule has 20 heavy (non-hydrogen) atoms. The second-order valence-corrected chi connectivity index (χ2v) is 4.65. The first-order chi connectivity index (χ1) is 8.63. The standard InChI is InChI=1S/C14H23N3O.2ClH/c1-15-10-9-14(18)16-13(11-17(2)3)12-7-5-4-6-8-12;;/h4-8,13,15H,9-11H2,1-3H3,(H,16,18);2*1H. The van der Waals surface area contributed by atoms with E-state index in [2.05, 4.69) is 15.5 Å². The largest absolute Gasteiger partial charge is 0.348 e. The summed E-state index contributed by atoms with van der Waals surface area (Å²) in [5, 5.41) is 6.06. The fourth-order valence-corrected chi connectivity index (χ4v) is 1.79. The van der Waals surface area contributed by atoms with E-state index < -0.39 is 0 Å². The number of amides is 1. The summed E-state index contributed by atoms with van der Waals surface area (Å²) in [4.78, 5) is 13.9. The van der Waals surface area contributed by atoms with Gasteiger partial charge >= 0.3 is 0 Å². The van der Waals surface area contributed by atoms with Gasteiger partial charge in [-0.15, -0.1) is 24.8 Å². The Labute approximate surface area is 134 Å². The third kappa shape index (κ3) is 8.38. The first-order valence-electron chi connectivity index (χ1n) is 6.27. The molecule has 0 fully saturated rings. The van der Waals surface area contributed by atoms with Crippen LogP contribution in [0.2, 0.25) is 0 Å². The second-order valence-electron chi connectivity index (χ2n) is 4.65. The number of rotatable bonds is 7. The molecule has 1 aromatic rings. The van der Waals surface area contributed by atoms with Crippen molar-refractivity contribution in [2.75, 3.05) is 34.2 Å². The summed E-state index contributed by atoms with van der Waals surface area (Å²) >= 11 is 0. The topological polar surface area (TPSA) is 44.4 Å². The Morgan fingerprint density at radius 2 is 1.80 bits per heavy atom. The van der Waals surface area contributed by atoms with Crippen molar-refractivity contribution in [1.82, 2.24) is 15.5 Å². The van der Waals surface area contributed by atoms with Gasteiger partial charge < -0.3 is 15.5 Å². The molecule has 0 spiro atoms. The molecule has 1 atom stereocenters. The van der Waals surface area contributed by atoms with Crippen molar-refractivity contribution >= 4 is 30.7 Å². The van der Waals surface area contributed by atoms with Gasteiger partial charge in [-0.25, -0.2) is 0 Å². The molecule has 1 rings (SSSR count). The fourth-order valence-electron chi connectivity index (χ4n) is 1.79. The molecular formula is C14H25Cl2N3O. The SMILES string of the molecule is CNCCC(=O)NC(CN(C)C)c1ccccc1.Cl.Cl. The molecule has 0 heterocycles. The Morgan fingerprint density at radius 3 is 2.30 bits per heavy atom. The normalized spacial score (nSPS) is 11.2. The minimum absolute atomic E-state index is 0. The monoisotopic (exact) mass is 321 g/mol. The number of likely N-dealkylation sites (N-methyl/N-ethyl adjacent to an activating group) is 1. The quantitative estimate of drug-likeness (QED) is 0.805. The lowest BCUT2D eigenvalue weighted by atomic mass is 10.1. The van der Waals surface area contributed by atoms with Gasteiger partial charge in [-0.2, -0.15) is 0 Å². The molecule has 6 heteroatoms. The lowest BCUT2D eigenvalue weighted by Gasteiger charge is -2.22. The average Bonchev–Trinajstić information content (AvgIpc) is 2.36. The number of halogens is 2. The van der Waals surface area contributed by atoms with Gasteiger partial charge in [0.25, 0.3) is 0 Å². The maximum absolute atomic E-state index is 11.8. The minimum Gasteiger partial charge on any atom is -0.348 e. The van der Waals surface area contributed by atoms with Crippen LogP contribution in [-0.2, 0) is 4.79 Å². The summed E-state index contributed by atoms with van der Waals surface area (Å²) in [5.74, 6) is 0.0834. The molecule has 0 saturated carbocycles. The van der Waals surface area contributed by atoms with Crippen LogP contribution in [0, 0.1) is 0 Å². The Bertz CT molecular complexity index is 361. The lowest BCUT2D eigenvalue weighted by Crippen LogP contribution is -2.36. The molecule has 0 aliphatic rings. The Hall–Kier alpha value is -0.810. The third-order valence-corrected chi connectivity index (χ3v) is 2.69. The highest BCUT2D eigenvalue weighted by molar-refractivity contribution is 5.85. The van der Waals surface area contributed by atoms with Gasteiger partial charge in [-0.05, 0) is 26.7 Å². The summed E-state index contributed by atoms with van der Waals surface area (Å²) in [5.41, 5.74) is 1.14. The van der Waals surface area contributed by atoms with E-state index in [-0.39, 0.29) is 36.8 Å². The van der Waals surface area contributed by atoms with Gasteiger partial charge in [0.2, 0.25) is 5.91 Å². The molecule has 2 N–H and O–H groups in total. The average molecular weight is 322 g/mol. The second kappa shape index (κ2) is 12.0. The highest BCUT2D eigenvalue weighted by Gasteiger charge is 2.14. The van der Waals surface area contributed by atoms with Crippen molar-refractivity contribution in [2.24, 2.45) is 0 Å². The van der Waals surface area contributed by atoms with Crippen LogP contribution < -0.4 is 10.6 Å². The van der Waals surface area contributed by atoms with Crippen LogP contribution in [0.25, 0.3) is 0 Å². The van der Waals surface area contributed by atoms with Crippen LogP contribution in [0.1, 0.15) is 18.0 Å². The van der Waals surface area contributed by atoms with Crippen LogP contribution in [0.3, 0.4) is 0 Å². The summed E-state index contributed by atoms with van der Waals surface area (Å²) < 4.78 is 0. The lowest BCUT2D eigenvalue weighted by molar-refractivity contribution is -0.121. The highest BCUT2D eigenvalue weighted by atomic mass is 35.5. The summed E-state index contributed by atoms with van der Waals surface area (Å²) in [6, 6.07) is 10.1. The molecule has 0 bridgehead atoms. The number of hydrogen-bond donors (Lipinski definition) is 2. The van der Waals surface area contributed by atoms with Gasteiger partial charge in [-0.3, -0.25) is 4.79 Å². The molecule has 1 unspecified atom stereocenters. The number of nitrogens with one attached hydrogen (secondary N) is 2. The van der Waals surface area contributed by atoms with Crippen molar-refractivity contribution in [3.63, 3.8) is 0 Å². The number of benzene rings is 1. The summed E-state index contributed by atoms with van der Waals surface area (Å²) in [6.07, 6.45) is 0.507. The molecule has 1 amide bonds. The van der Waals surface area contributed by atoms with E-state index in [1.165, 1.54) is 0 Å². The predicted octanol–water partition coefficient (Wildman–Crippen LogP) is 1.86. The fraction of sp³-hybridized carbons (Fsp3) is 0.500. The van der Waals surface area contributed by atoms with Crippen molar-refractivity contribution in [3.05, 3.63) is 35.9 Å². The van der Waals surface area contributed by atoms with Crippen LogP contribution in [0.4, 0.5) is 0 Å². The number of hydrogen-bond acceptors (Lipinski definition) is 3. The van der Waals surface area contributed by atoms with E-state index in [4.69, 9.17) is 0 Å². The number of nitrogens with zero attached hydrogens (tertiary/aromatic N) is 1. The third-order valence-electron chi connectivity index (χ3n) is 2.69. The first-order valence-corrected chi connectivity index (χ1v) is 6.27. The van der Waals surface area contributed by atoms with Gasteiger partial charge in [0, 0.05) is 19.5 Å². The summed E-state index contributed by atoms with van der Waals surface area (Å²) in [7, 11) is 5.87. The van der Waals surface area contributed by atoms with Gasteiger partial charge in [-0.1, -0.05) is 30.3 Å². The molecule has 1 aromatic carbocycles. The maximum Gasteiger partial charge on any atom is 0.221 e. The molecule has 4 nitrogen and oxygen atoms in total. The predicted molar refractivity (Wildman–Crippen MR) is 88.9 cm³/mol. The minimum atomic E-state index is 0. The van der Waals surface area contributed by atoms with E-state index in [0.29, 0.717) is 13.0 Å². The van der Waals surface area contributed by atoms with E-state index in [1.54, 1.807) is 0 Å². The van der Waals surface area contributed by atoms with Crippen molar-refractivity contribution in [3.8, 4) is 0 Å². The molecule has 0 aliphatic heterocycles. The van der Waals surface area contributed by atoms with Crippen molar-refractivity contribution < 1.29 is 4.79 Å². The van der Waals surface area contributed by atoms with E-state index >= 15 is 0 Å². The first kappa shape index (κ1) is 21.5. The van der Waals surface area contributed by atoms with Crippen molar-refractivity contribution in [2.45, 2.75) is 12.5 Å². The Balaban J connectivity index is 0. The zero-order valence-corrected chi connectivity index (χ0v) is 13.9. The van der Waals surface area contributed by atoms with Gasteiger partial charge in [0.05, 0.1) is 6.04 Å². The van der Waals surface area contributed by atoms with Crippen LogP contribution in [0.15, 0.2) is 30.3 Å². The smallest absolute Gasteiger partial charge is 0.221 e. The number of carbonyl (C=O) groups is 1. The zero-order valence-electron chi connectivity index (χ0n) is 12.3. The molecule has 0 saturated heterocycles. The Kier molecular flexibility index (Phi) is 12.9. The van der Waals surface area contributed by atoms with E-state index in [9.17, 15) is 4.79 Å². The molecule has 0 radical (unpaired) electrons. The van der Waals surface area contributed by atoms with Crippen LogP contribution >= 0.6 is 24.8 Å². The van der Waals surface area contributed by atoms with Crippen LogP contribution in [-0.4, -0.2) is 45.0 Å². The maximum atomic E-state index is 11.8. The van der Waals surface area contributed by atoms with E-state index in [0.717, 1.165) is 12.1 Å². The van der Waals surface area contributed by atoms with Crippen LogP contribution in [0.5, 0.6) is 0 Å². The van der Waals surface area contributed by atoms with Gasteiger partial charge in [0.1, 0.15) is 0 Å². The zero-order chi connectivity index (χ0) is 13.4. The summed E-state index contributed by atoms with van der Waals surface area (Å²) in [6.45, 7) is 1.50. The number of carbonyl (C=O) groups excluding carboxylic acids is 1.